The Hall–Kier alpha value is -3.92. The number of phenolic OH excluding ortho intramolecular Hbond substituents is 2. The van der Waals surface area contributed by atoms with E-state index in [0.717, 1.165) is 22.6 Å². The van der Waals surface area contributed by atoms with Gasteiger partial charge < -0.3 is 21.7 Å². The number of phenols is 2. The zero-order chi connectivity index (χ0) is 28.4. The fraction of sp³-hybridized carbons (Fsp3) is 0.351. The first-order valence-corrected chi connectivity index (χ1v) is 15.0. The van der Waals surface area contributed by atoms with Crippen molar-refractivity contribution in [3.05, 3.63) is 107 Å². The molecule has 0 aromatic heterocycles. The minimum atomic E-state index is -0.707. The normalized spacial score (nSPS) is 30.2. The number of aromatic hydroxyl groups is 2. The highest BCUT2D eigenvalue weighted by Gasteiger charge is 2.61. The number of fused-ring (bicyclic) bond motifs is 3. The summed E-state index contributed by atoms with van der Waals surface area (Å²) in [7, 11) is 0. The Balaban J connectivity index is 1.43. The lowest BCUT2D eigenvalue weighted by Crippen LogP contribution is -2.56. The van der Waals surface area contributed by atoms with Gasteiger partial charge >= 0.3 is 0 Å². The highest BCUT2D eigenvalue weighted by molar-refractivity contribution is 5.87. The van der Waals surface area contributed by atoms with Crippen LogP contribution in [0.25, 0.3) is 11.1 Å². The van der Waals surface area contributed by atoms with Crippen LogP contribution in [0, 0.1) is 16.7 Å². The Kier molecular flexibility index (Phi) is 4.77. The predicted octanol–water partition coefficient (Wildman–Crippen LogP) is 7.87. The molecule has 6 N–H and O–H groups in total. The van der Waals surface area contributed by atoms with E-state index in [2.05, 4.69) is 56.3 Å². The SMILES string of the molecule is CC12CC3CC(C)(C1)CC(c1ccc4c(c1)C(c1ccc(O)c(N)c1)(c1ccc(O)c(N)c1)c1ccccc1-4)(C3)C2. The Bertz CT molecular complexity index is 1690. The highest BCUT2D eigenvalue weighted by atomic mass is 16.3. The standard InChI is InChI=1S/C37H38N2O2/c1-34-16-22-17-35(2,19-34)21-36(18-22,20-34)23-7-10-27-26-5-3-4-6-28(26)37(29(27)13-23,24-8-11-32(40)30(38)14-24)25-9-12-33(41)31(39)15-25/h3-15,22,40-41H,16-21,38-39H2,1-2H3. The second-order valence-corrected chi connectivity index (χ2v) is 14.5. The van der Waals surface area contributed by atoms with Crippen molar-refractivity contribution in [3.63, 3.8) is 0 Å². The molecule has 4 fully saturated rings. The van der Waals surface area contributed by atoms with Crippen LogP contribution in [0.4, 0.5) is 11.4 Å². The van der Waals surface area contributed by atoms with Crippen molar-refractivity contribution < 1.29 is 10.2 Å². The van der Waals surface area contributed by atoms with Crippen LogP contribution < -0.4 is 11.5 Å². The van der Waals surface area contributed by atoms with E-state index < -0.39 is 5.41 Å². The van der Waals surface area contributed by atoms with Crippen LogP contribution in [0.1, 0.15) is 80.2 Å². The molecule has 0 radical (unpaired) electrons. The summed E-state index contributed by atoms with van der Waals surface area (Å²) in [5, 5.41) is 20.8. The average molecular weight is 543 g/mol. The zero-order valence-electron chi connectivity index (χ0n) is 23.9. The molecule has 5 aliphatic carbocycles. The van der Waals surface area contributed by atoms with Crippen LogP contribution >= 0.6 is 0 Å². The Morgan fingerprint density at radius 3 is 1.76 bits per heavy atom. The fourth-order valence-electron chi connectivity index (χ4n) is 10.7. The third kappa shape index (κ3) is 3.28. The number of nitrogens with two attached hydrogens (primary N) is 2. The maximum atomic E-state index is 10.4. The van der Waals surface area contributed by atoms with E-state index in [1.807, 2.05) is 24.3 Å². The summed E-state index contributed by atoms with van der Waals surface area (Å²) >= 11 is 0. The molecule has 4 nitrogen and oxygen atoms in total. The second-order valence-electron chi connectivity index (χ2n) is 14.5. The van der Waals surface area contributed by atoms with Gasteiger partial charge in [0.1, 0.15) is 11.5 Å². The monoisotopic (exact) mass is 542 g/mol. The second kappa shape index (κ2) is 7.88. The molecule has 4 saturated carbocycles. The van der Waals surface area contributed by atoms with E-state index >= 15 is 0 Å². The van der Waals surface area contributed by atoms with Crippen LogP contribution in [0.2, 0.25) is 0 Å². The molecular formula is C37H38N2O2. The van der Waals surface area contributed by atoms with Gasteiger partial charge in [0.05, 0.1) is 16.8 Å². The van der Waals surface area contributed by atoms with Crippen molar-refractivity contribution in [2.45, 2.75) is 63.2 Å². The smallest absolute Gasteiger partial charge is 0.138 e. The first-order chi connectivity index (χ1) is 19.5. The van der Waals surface area contributed by atoms with Crippen molar-refractivity contribution in [2.24, 2.45) is 16.7 Å². The Morgan fingerprint density at radius 2 is 1.17 bits per heavy atom. The van der Waals surface area contributed by atoms with Gasteiger partial charge in [0.25, 0.3) is 0 Å². The van der Waals surface area contributed by atoms with Gasteiger partial charge in [0, 0.05) is 0 Å². The maximum absolute atomic E-state index is 10.4. The zero-order valence-corrected chi connectivity index (χ0v) is 23.9. The third-order valence-corrected chi connectivity index (χ3v) is 11.2. The van der Waals surface area contributed by atoms with Gasteiger partial charge in [0.15, 0.2) is 0 Å². The van der Waals surface area contributed by atoms with Gasteiger partial charge in [-0.25, -0.2) is 0 Å². The summed E-state index contributed by atoms with van der Waals surface area (Å²) < 4.78 is 0. The average Bonchev–Trinajstić information content (AvgIpc) is 3.20. The van der Waals surface area contributed by atoms with Gasteiger partial charge in [-0.1, -0.05) is 68.4 Å². The molecule has 4 bridgehead atoms. The summed E-state index contributed by atoms with van der Waals surface area (Å²) in [4.78, 5) is 0. The first-order valence-electron chi connectivity index (χ1n) is 15.0. The molecule has 0 heterocycles. The molecule has 0 amide bonds. The molecule has 4 heteroatoms. The van der Waals surface area contributed by atoms with Crippen molar-refractivity contribution in [2.75, 3.05) is 11.5 Å². The van der Waals surface area contributed by atoms with E-state index in [4.69, 9.17) is 11.5 Å². The van der Waals surface area contributed by atoms with Crippen molar-refractivity contribution in [1.82, 2.24) is 0 Å². The molecule has 4 aromatic carbocycles. The van der Waals surface area contributed by atoms with E-state index in [0.29, 0.717) is 22.2 Å². The first kappa shape index (κ1) is 24.8. The topological polar surface area (TPSA) is 92.5 Å². The van der Waals surface area contributed by atoms with Crippen LogP contribution in [-0.4, -0.2) is 10.2 Å². The molecule has 41 heavy (non-hydrogen) atoms. The van der Waals surface area contributed by atoms with Gasteiger partial charge in [-0.15, -0.1) is 0 Å². The van der Waals surface area contributed by atoms with Crippen LogP contribution in [0.15, 0.2) is 78.9 Å². The summed E-state index contributed by atoms with van der Waals surface area (Å²) in [6.07, 6.45) is 7.86. The Morgan fingerprint density at radius 1 is 0.610 bits per heavy atom. The summed E-state index contributed by atoms with van der Waals surface area (Å²) in [6, 6.07) is 27.0. The van der Waals surface area contributed by atoms with Gasteiger partial charge in [0.2, 0.25) is 0 Å². The number of hydrogen-bond donors (Lipinski definition) is 4. The van der Waals surface area contributed by atoms with Crippen LogP contribution in [0.5, 0.6) is 11.5 Å². The van der Waals surface area contributed by atoms with Crippen molar-refractivity contribution in [1.29, 1.82) is 0 Å². The lowest BCUT2D eigenvalue weighted by molar-refractivity contribution is -0.110. The van der Waals surface area contributed by atoms with Crippen LogP contribution in [0.3, 0.4) is 0 Å². The van der Waals surface area contributed by atoms with Gasteiger partial charge in [-0.2, -0.15) is 0 Å². The lowest BCUT2D eigenvalue weighted by atomic mass is 9.39. The molecule has 0 saturated heterocycles. The van der Waals surface area contributed by atoms with Gasteiger partial charge in [-0.3, -0.25) is 0 Å². The molecule has 0 aliphatic heterocycles. The number of benzene rings is 4. The van der Waals surface area contributed by atoms with Crippen LogP contribution in [-0.2, 0) is 10.8 Å². The molecule has 4 aromatic rings. The summed E-state index contributed by atoms with van der Waals surface area (Å²) in [5.74, 6) is 0.944. The summed E-state index contributed by atoms with van der Waals surface area (Å²) in [5.41, 5.74) is 21.9. The minimum Gasteiger partial charge on any atom is -0.506 e. The molecule has 2 atom stereocenters. The number of anilines is 2. The Labute approximate surface area is 242 Å². The van der Waals surface area contributed by atoms with Crippen molar-refractivity contribution in [3.8, 4) is 22.6 Å². The number of nitrogen functional groups attached to an aromatic ring is 2. The lowest BCUT2D eigenvalue weighted by Gasteiger charge is -2.65. The van der Waals surface area contributed by atoms with E-state index in [1.54, 1.807) is 12.1 Å². The van der Waals surface area contributed by atoms with E-state index in [1.165, 1.54) is 60.8 Å². The molecule has 9 rings (SSSR count). The summed E-state index contributed by atoms with van der Waals surface area (Å²) in [6.45, 7) is 5.08. The minimum absolute atomic E-state index is 0.0735. The quantitative estimate of drug-likeness (QED) is 0.138. The highest BCUT2D eigenvalue weighted by Crippen LogP contribution is 2.70. The molecule has 5 aliphatic rings. The fourth-order valence-corrected chi connectivity index (χ4v) is 10.7. The molecular weight excluding hydrogens is 504 g/mol. The predicted molar refractivity (Wildman–Crippen MR) is 165 cm³/mol. The largest absolute Gasteiger partial charge is 0.506 e. The number of hydrogen-bond acceptors (Lipinski definition) is 4. The maximum Gasteiger partial charge on any atom is 0.138 e. The number of rotatable bonds is 3. The molecule has 0 spiro atoms. The van der Waals surface area contributed by atoms with Crippen molar-refractivity contribution >= 4 is 11.4 Å². The molecule has 208 valence electrons. The van der Waals surface area contributed by atoms with E-state index in [-0.39, 0.29) is 16.9 Å². The third-order valence-electron chi connectivity index (χ3n) is 11.2. The molecule has 2 unspecified atom stereocenters. The van der Waals surface area contributed by atoms with E-state index in [9.17, 15) is 10.2 Å². The van der Waals surface area contributed by atoms with Gasteiger partial charge in [-0.05, 0) is 124 Å².